The van der Waals surface area contributed by atoms with Crippen molar-refractivity contribution >= 4 is 23.2 Å². The monoisotopic (exact) mass is 444 g/mol. The van der Waals surface area contributed by atoms with Crippen molar-refractivity contribution in [3.8, 4) is 0 Å². The summed E-state index contributed by atoms with van der Waals surface area (Å²) in [4.78, 5) is 39.9. The molecule has 0 aliphatic carbocycles. The maximum absolute atomic E-state index is 12.7. The van der Waals surface area contributed by atoms with Crippen molar-refractivity contribution in [1.29, 1.82) is 0 Å². The first-order valence-electron chi connectivity index (χ1n) is 11.1. The molecule has 4 rings (SSSR count). The van der Waals surface area contributed by atoms with Crippen LogP contribution in [-0.2, 0) is 22.6 Å². The lowest BCUT2D eigenvalue weighted by atomic mass is 10.1. The van der Waals surface area contributed by atoms with Crippen LogP contribution < -0.4 is 10.6 Å². The van der Waals surface area contributed by atoms with Gasteiger partial charge >= 0.3 is 0 Å². The quantitative estimate of drug-likeness (QED) is 0.554. The van der Waals surface area contributed by atoms with Gasteiger partial charge in [0.25, 0.3) is 0 Å². The van der Waals surface area contributed by atoms with Crippen molar-refractivity contribution in [1.82, 2.24) is 19.9 Å². The highest BCUT2D eigenvalue weighted by Crippen LogP contribution is 2.21. The number of benzene rings is 1. The van der Waals surface area contributed by atoms with Gasteiger partial charge in [0, 0.05) is 60.6 Å². The van der Waals surface area contributed by atoms with Crippen LogP contribution in [0.3, 0.4) is 0 Å². The van der Waals surface area contributed by atoms with E-state index in [0.717, 1.165) is 28.6 Å². The van der Waals surface area contributed by atoms with Gasteiger partial charge in [-0.15, -0.1) is 0 Å². The number of hydrogen-bond acceptors (Lipinski definition) is 6. The minimum absolute atomic E-state index is 0.0132. The minimum Gasteiger partial charge on any atom is -0.378 e. The number of amides is 2. The molecule has 8 nitrogen and oxygen atoms in total. The van der Waals surface area contributed by atoms with Gasteiger partial charge < -0.3 is 15.5 Å². The van der Waals surface area contributed by atoms with E-state index in [-0.39, 0.29) is 24.2 Å². The first kappa shape index (κ1) is 22.4. The minimum atomic E-state index is -0.347. The molecule has 2 aromatic heterocycles. The Labute approximate surface area is 193 Å². The Kier molecular flexibility index (Phi) is 6.92. The van der Waals surface area contributed by atoms with Crippen LogP contribution in [0.4, 0.5) is 11.4 Å². The van der Waals surface area contributed by atoms with Gasteiger partial charge in [0.1, 0.15) is 5.82 Å². The first-order chi connectivity index (χ1) is 16.0. The van der Waals surface area contributed by atoms with Crippen LogP contribution >= 0.6 is 0 Å². The van der Waals surface area contributed by atoms with Crippen LogP contribution in [-0.4, -0.2) is 44.8 Å². The molecule has 3 aromatic rings. The van der Waals surface area contributed by atoms with Crippen molar-refractivity contribution in [2.45, 2.75) is 33.2 Å². The molecule has 1 fully saturated rings. The number of carbonyl (C=O) groups excluding carboxylic acids is 2. The molecule has 1 unspecified atom stereocenters. The van der Waals surface area contributed by atoms with Crippen molar-refractivity contribution in [2.75, 3.05) is 23.7 Å². The Morgan fingerprint density at radius 1 is 1.06 bits per heavy atom. The fourth-order valence-electron chi connectivity index (χ4n) is 3.93. The zero-order chi connectivity index (χ0) is 23.2. The number of aryl methyl sites for hydroxylation is 2. The van der Waals surface area contributed by atoms with Gasteiger partial charge in [-0.2, -0.15) is 0 Å². The van der Waals surface area contributed by atoms with Crippen LogP contribution in [0.2, 0.25) is 0 Å². The molecule has 0 radical (unpaired) electrons. The molecule has 0 bridgehead atoms. The van der Waals surface area contributed by atoms with Gasteiger partial charge in [-0.25, -0.2) is 9.97 Å². The molecule has 1 atom stereocenters. The average Bonchev–Trinajstić information content (AvgIpc) is 3.18. The molecule has 1 aromatic carbocycles. The summed E-state index contributed by atoms with van der Waals surface area (Å²) in [6, 6.07) is 15.2. The van der Waals surface area contributed by atoms with E-state index in [9.17, 15) is 9.59 Å². The van der Waals surface area contributed by atoms with Crippen molar-refractivity contribution in [3.63, 3.8) is 0 Å². The molecule has 3 heterocycles. The number of likely N-dealkylation sites (tertiary alicyclic amines) is 1. The molecule has 170 valence electrons. The van der Waals surface area contributed by atoms with E-state index in [1.165, 1.54) is 0 Å². The maximum atomic E-state index is 12.7. The van der Waals surface area contributed by atoms with Gasteiger partial charge in [-0.3, -0.25) is 14.6 Å². The van der Waals surface area contributed by atoms with Gasteiger partial charge in [-0.1, -0.05) is 6.07 Å². The molecule has 1 aliphatic rings. The van der Waals surface area contributed by atoms with Gasteiger partial charge in [0.2, 0.25) is 11.8 Å². The third-order valence-corrected chi connectivity index (χ3v) is 5.58. The number of carbonyl (C=O) groups is 2. The molecular formula is C25H28N6O2. The van der Waals surface area contributed by atoms with E-state index in [1.807, 2.05) is 62.4 Å². The Morgan fingerprint density at radius 2 is 1.79 bits per heavy atom. The summed E-state index contributed by atoms with van der Waals surface area (Å²) in [5.41, 5.74) is 4.44. The Balaban J connectivity index is 1.26. The van der Waals surface area contributed by atoms with E-state index >= 15 is 0 Å². The maximum Gasteiger partial charge on any atom is 0.229 e. The number of pyridine rings is 1. The van der Waals surface area contributed by atoms with E-state index in [1.54, 1.807) is 11.1 Å². The van der Waals surface area contributed by atoms with Crippen LogP contribution in [0, 0.1) is 19.8 Å². The van der Waals surface area contributed by atoms with Crippen LogP contribution in [0.25, 0.3) is 0 Å². The number of aromatic nitrogens is 3. The lowest BCUT2D eigenvalue weighted by Gasteiger charge is -2.16. The van der Waals surface area contributed by atoms with Crippen molar-refractivity contribution in [3.05, 3.63) is 77.6 Å². The van der Waals surface area contributed by atoms with Gasteiger partial charge in [-0.05, 0) is 56.3 Å². The summed E-state index contributed by atoms with van der Waals surface area (Å²) in [5, 5.41) is 6.23. The molecule has 0 saturated carbocycles. The predicted octanol–water partition coefficient (Wildman–Crippen LogP) is 3.13. The summed E-state index contributed by atoms with van der Waals surface area (Å²) < 4.78 is 0. The Bertz CT molecular complexity index is 1100. The van der Waals surface area contributed by atoms with Crippen LogP contribution in [0.5, 0.6) is 0 Å². The highest BCUT2D eigenvalue weighted by molar-refractivity contribution is 5.97. The molecular weight excluding hydrogens is 416 g/mol. The van der Waals surface area contributed by atoms with E-state index in [2.05, 4.69) is 25.6 Å². The molecule has 33 heavy (non-hydrogen) atoms. The second-order valence-corrected chi connectivity index (χ2v) is 8.30. The Hall–Kier alpha value is -3.81. The zero-order valence-corrected chi connectivity index (χ0v) is 18.9. The van der Waals surface area contributed by atoms with Crippen LogP contribution in [0.15, 0.2) is 54.7 Å². The van der Waals surface area contributed by atoms with E-state index in [4.69, 9.17) is 0 Å². The largest absolute Gasteiger partial charge is 0.378 e. The van der Waals surface area contributed by atoms with E-state index in [0.29, 0.717) is 31.7 Å². The Morgan fingerprint density at radius 3 is 2.48 bits per heavy atom. The van der Waals surface area contributed by atoms with Crippen LogP contribution in [0.1, 0.15) is 29.3 Å². The highest BCUT2D eigenvalue weighted by Gasteiger charge is 2.34. The number of hydrogen-bond donors (Lipinski definition) is 2. The second kappa shape index (κ2) is 10.2. The number of nitrogens with zero attached hydrogens (tertiary/aromatic N) is 4. The predicted molar refractivity (Wildman–Crippen MR) is 127 cm³/mol. The molecule has 2 amide bonds. The molecule has 1 saturated heterocycles. The fourth-order valence-corrected chi connectivity index (χ4v) is 3.93. The van der Waals surface area contributed by atoms with Gasteiger partial charge in [0.05, 0.1) is 12.5 Å². The average molecular weight is 445 g/mol. The second-order valence-electron chi connectivity index (χ2n) is 8.30. The van der Waals surface area contributed by atoms with Crippen molar-refractivity contribution < 1.29 is 9.59 Å². The van der Waals surface area contributed by atoms with E-state index < -0.39 is 0 Å². The molecule has 0 spiro atoms. The smallest absolute Gasteiger partial charge is 0.229 e. The summed E-state index contributed by atoms with van der Waals surface area (Å²) in [6.07, 6.45) is 2.67. The molecule has 1 aliphatic heterocycles. The lowest BCUT2D eigenvalue weighted by molar-refractivity contribution is -0.128. The lowest BCUT2D eigenvalue weighted by Crippen LogP contribution is -2.30. The number of anilines is 2. The fraction of sp³-hybridized carbons (Fsp3) is 0.320. The third kappa shape index (κ3) is 6.12. The standard InChI is InChI=1S/C25H28N6O2/c1-17-13-18(2)29-23(28-17)15-27-21-6-8-22(9-7-21)30-25(33)19-14-24(32)31(16-19)12-10-20-5-3-4-11-26-20/h3-9,11,13,19,27H,10,12,14-16H2,1-2H3,(H,30,33). The van der Waals surface area contributed by atoms with Crippen molar-refractivity contribution in [2.24, 2.45) is 5.92 Å². The molecule has 2 N–H and O–H groups in total. The number of rotatable bonds is 8. The topological polar surface area (TPSA) is 100 Å². The highest BCUT2D eigenvalue weighted by atomic mass is 16.2. The summed E-state index contributed by atoms with van der Waals surface area (Å²) >= 11 is 0. The zero-order valence-electron chi connectivity index (χ0n) is 18.9. The third-order valence-electron chi connectivity index (χ3n) is 5.58. The SMILES string of the molecule is Cc1cc(C)nc(CNc2ccc(NC(=O)C3CC(=O)N(CCc4ccccn4)C3)cc2)n1. The first-order valence-corrected chi connectivity index (χ1v) is 11.1. The normalized spacial score (nSPS) is 15.5. The summed E-state index contributed by atoms with van der Waals surface area (Å²) in [5.74, 6) is 0.274. The van der Waals surface area contributed by atoms with Gasteiger partial charge in [0.15, 0.2) is 0 Å². The summed E-state index contributed by atoms with van der Waals surface area (Å²) in [7, 11) is 0. The molecule has 8 heteroatoms. The number of nitrogens with one attached hydrogen (secondary N) is 2. The summed E-state index contributed by atoms with van der Waals surface area (Å²) in [6.45, 7) is 5.44.